The summed E-state index contributed by atoms with van der Waals surface area (Å²) in [6.45, 7) is 1.54. The maximum atomic E-state index is 13.2. The van der Waals surface area contributed by atoms with E-state index >= 15 is 0 Å². The lowest BCUT2D eigenvalue weighted by atomic mass is 10.2. The number of aryl methyl sites for hydroxylation is 1. The van der Waals surface area contributed by atoms with Crippen molar-refractivity contribution in [1.29, 1.82) is 0 Å². The number of carboxylic acids is 1. The van der Waals surface area contributed by atoms with Crippen molar-refractivity contribution in [3.63, 3.8) is 0 Å². The number of anilines is 1. The van der Waals surface area contributed by atoms with Gasteiger partial charge in [-0.3, -0.25) is 4.79 Å². The first-order chi connectivity index (χ1) is 7.90. The van der Waals surface area contributed by atoms with Crippen molar-refractivity contribution in [2.45, 2.75) is 6.92 Å². The average Bonchev–Trinajstić information content (AvgIpc) is 2.23. The van der Waals surface area contributed by atoms with Crippen LogP contribution in [0.25, 0.3) is 0 Å². The minimum Gasteiger partial charge on any atom is -0.478 e. The number of carbonyl (C=O) groups is 2. The molecule has 0 bridgehead atoms. The van der Waals surface area contributed by atoms with E-state index in [9.17, 15) is 14.0 Å². The molecule has 0 saturated heterocycles. The van der Waals surface area contributed by atoms with E-state index in [1.54, 1.807) is 0 Å². The highest BCUT2D eigenvalue weighted by Crippen LogP contribution is 2.25. The number of nitrogens with one attached hydrogen (secondary N) is 1. The van der Waals surface area contributed by atoms with Crippen molar-refractivity contribution < 1.29 is 19.1 Å². The third kappa shape index (κ3) is 3.88. The molecular formula is C11H9ClFNO3. The van der Waals surface area contributed by atoms with E-state index < -0.39 is 17.7 Å². The summed E-state index contributed by atoms with van der Waals surface area (Å²) in [7, 11) is 0. The molecule has 0 aliphatic rings. The first kappa shape index (κ1) is 13.2. The summed E-state index contributed by atoms with van der Waals surface area (Å²) >= 11 is 5.79. The molecule has 90 valence electrons. The quantitative estimate of drug-likeness (QED) is 0.817. The molecule has 0 heterocycles. The van der Waals surface area contributed by atoms with Crippen molar-refractivity contribution >= 4 is 29.2 Å². The molecule has 0 saturated carbocycles. The van der Waals surface area contributed by atoms with Crippen LogP contribution in [0.2, 0.25) is 5.02 Å². The van der Waals surface area contributed by atoms with E-state index in [2.05, 4.69) is 5.32 Å². The van der Waals surface area contributed by atoms with Gasteiger partial charge >= 0.3 is 5.97 Å². The van der Waals surface area contributed by atoms with Crippen molar-refractivity contribution in [1.82, 2.24) is 0 Å². The SMILES string of the molecule is Cc1cc(Cl)c(NC(=O)/C=C/C(=O)O)cc1F. The van der Waals surface area contributed by atoms with Crippen molar-refractivity contribution in [3.8, 4) is 0 Å². The Morgan fingerprint density at radius 1 is 1.41 bits per heavy atom. The van der Waals surface area contributed by atoms with Gasteiger partial charge in [0.05, 0.1) is 10.7 Å². The first-order valence-corrected chi connectivity index (χ1v) is 4.95. The average molecular weight is 258 g/mol. The number of halogens is 2. The molecule has 1 rings (SSSR count). The van der Waals surface area contributed by atoms with Crippen LogP contribution in [0.1, 0.15) is 5.56 Å². The van der Waals surface area contributed by atoms with Crippen molar-refractivity contribution in [3.05, 3.63) is 40.7 Å². The Kier molecular flexibility index (Phi) is 4.23. The number of aliphatic carboxylic acids is 1. The molecule has 0 aliphatic carbocycles. The zero-order valence-electron chi connectivity index (χ0n) is 8.83. The van der Waals surface area contributed by atoms with Gasteiger partial charge in [0.2, 0.25) is 5.91 Å². The van der Waals surface area contributed by atoms with Gasteiger partial charge in [0.15, 0.2) is 0 Å². The first-order valence-electron chi connectivity index (χ1n) is 4.58. The van der Waals surface area contributed by atoms with Gasteiger partial charge < -0.3 is 10.4 Å². The van der Waals surface area contributed by atoms with Crippen LogP contribution in [0.15, 0.2) is 24.3 Å². The monoisotopic (exact) mass is 257 g/mol. The fourth-order valence-corrected chi connectivity index (χ4v) is 1.33. The van der Waals surface area contributed by atoms with Crippen LogP contribution in [-0.2, 0) is 9.59 Å². The second kappa shape index (κ2) is 5.45. The molecule has 1 aromatic rings. The van der Waals surface area contributed by atoms with Gasteiger partial charge in [0.25, 0.3) is 0 Å². The molecule has 0 fully saturated rings. The van der Waals surface area contributed by atoms with Crippen molar-refractivity contribution in [2.24, 2.45) is 0 Å². The minimum atomic E-state index is -1.25. The molecule has 1 amide bonds. The Labute approximate surface area is 102 Å². The lowest BCUT2D eigenvalue weighted by Gasteiger charge is -2.06. The Morgan fingerprint density at radius 2 is 2.06 bits per heavy atom. The van der Waals surface area contributed by atoms with Gasteiger partial charge in [-0.15, -0.1) is 0 Å². The van der Waals surface area contributed by atoms with E-state index in [-0.39, 0.29) is 10.7 Å². The molecule has 0 spiro atoms. The zero-order chi connectivity index (χ0) is 13.0. The molecule has 6 heteroatoms. The molecule has 0 unspecified atom stereocenters. The van der Waals surface area contributed by atoms with Crippen LogP contribution in [0.3, 0.4) is 0 Å². The summed E-state index contributed by atoms with van der Waals surface area (Å²) in [5, 5.41) is 10.8. The number of rotatable bonds is 3. The van der Waals surface area contributed by atoms with Gasteiger partial charge in [-0.05, 0) is 24.6 Å². The largest absolute Gasteiger partial charge is 0.478 e. The van der Waals surface area contributed by atoms with E-state index in [0.29, 0.717) is 11.6 Å². The Balaban J connectivity index is 2.85. The highest BCUT2D eigenvalue weighted by atomic mass is 35.5. The fraction of sp³-hybridized carbons (Fsp3) is 0.0909. The summed E-state index contributed by atoms with van der Waals surface area (Å²) in [5.74, 6) is -2.45. The standard InChI is InChI=1S/C11H9ClFNO3/c1-6-4-7(12)9(5-8(6)13)14-10(15)2-3-11(16)17/h2-5H,1H3,(H,14,15)(H,16,17)/b3-2+. The van der Waals surface area contributed by atoms with Gasteiger partial charge in [-0.25, -0.2) is 9.18 Å². The molecule has 17 heavy (non-hydrogen) atoms. The normalized spacial score (nSPS) is 10.5. The van der Waals surface area contributed by atoms with Crippen LogP contribution < -0.4 is 5.32 Å². The number of amides is 1. The highest BCUT2D eigenvalue weighted by Gasteiger charge is 2.07. The van der Waals surface area contributed by atoms with Crippen LogP contribution in [0, 0.1) is 12.7 Å². The molecule has 0 aliphatic heterocycles. The molecule has 2 N–H and O–H groups in total. The number of hydrogen-bond acceptors (Lipinski definition) is 2. The predicted octanol–water partition coefficient (Wildman–Crippen LogP) is 2.37. The molecule has 0 aromatic heterocycles. The molecular weight excluding hydrogens is 249 g/mol. The topological polar surface area (TPSA) is 66.4 Å². The van der Waals surface area contributed by atoms with Gasteiger partial charge in [-0.1, -0.05) is 11.6 Å². The Hall–Kier alpha value is -1.88. The lowest BCUT2D eigenvalue weighted by Crippen LogP contribution is -2.09. The smallest absolute Gasteiger partial charge is 0.328 e. The van der Waals surface area contributed by atoms with Crippen LogP contribution >= 0.6 is 11.6 Å². The third-order valence-electron chi connectivity index (χ3n) is 1.88. The van der Waals surface area contributed by atoms with E-state index in [0.717, 1.165) is 12.1 Å². The van der Waals surface area contributed by atoms with E-state index in [1.807, 2.05) is 0 Å². The summed E-state index contributed by atoms with van der Waals surface area (Å²) in [6.07, 6.45) is 1.49. The molecule has 4 nitrogen and oxygen atoms in total. The van der Waals surface area contributed by atoms with E-state index in [4.69, 9.17) is 16.7 Å². The maximum absolute atomic E-state index is 13.2. The Bertz CT molecular complexity index is 500. The Morgan fingerprint density at radius 3 is 2.65 bits per heavy atom. The molecule has 0 atom stereocenters. The summed E-state index contributed by atoms with van der Waals surface area (Å²) < 4.78 is 13.2. The zero-order valence-corrected chi connectivity index (χ0v) is 9.58. The minimum absolute atomic E-state index is 0.0924. The maximum Gasteiger partial charge on any atom is 0.328 e. The molecule has 0 radical (unpaired) electrons. The highest BCUT2D eigenvalue weighted by molar-refractivity contribution is 6.33. The third-order valence-corrected chi connectivity index (χ3v) is 2.20. The second-order valence-corrected chi connectivity index (χ2v) is 3.65. The number of benzene rings is 1. The molecule has 1 aromatic carbocycles. The van der Waals surface area contributed by atoms with Crippen molar-refractivity contribution in [2.75, 3.05) is 5.32 Å². The second-order valence-electron chi connectivity index (χ2n) is 3.24. The number of hydrogen-bond donors (Lipinski definition) is 2. The number of carbonyl (C=O) groups excluding carboxylic acids is 1. The fourth-order valence-electron chi connectivity index (χ4n) is 1.06. The van der Waals surface area contributed by atoms with Gasteiger partial charge in [-0.2, -0.15) is 0 Å². The predicted molar refractivity (Wildman–Crippen MR) is 61.6 cm³/mol. The van der Waals surface area contributed by atoms with Gasteiger partial charge in [0, 0.05) is 12.2 Å². The van der Waals surface area contributed by atoms with Crippen LogP contribution in [0.5, 0.6) is 0 Å². The van der Waals surface area contributed by atoms with Crippen LogP contribution in [0.4, 0.5) is 10.1 Å². The summed E-state index contributed by atoms with van der Waals surface area (Å²) in [6, 6.07) is 2.44. The lowest BCUT2D eigenvalue weighted by molar-refractivity contribution is -0.131. The van der Waals surface area contributed by atoms with Gasteiger partial charge in [0.1, 0.15) is 5.82 Å². The summed E-state index contributed by atoms with van der Waals surface area (Å²) in [5.41, 5.74) is 0.448. The summed E-state index contributed by atoms with van der Waals surface area (Å²) in [4.78, 5) is 21.4. The van der Waals surface area contributed by atoms with E-state index in [1.165, 1.54) is 13.0 Å². The number of carboxylic acid groups (broad SMARTS) is 1. The van der Waals surface area contributed by atoms with Crippen LogP contribution in [-0.4, -0.2) is 17.0 Å².